The number of carbonyl (C=O) groups is 2. The summed E-state index contributed by atoms with van der Waals surface area (Å²) in [5.41, 5.74) is -0.631. The second-order valence-corrected chi connectivity index (χ2v) is 4.69. The van der Waals surface area contributed by atoms with E-state index in [9.17, 15) is 9.59 Å². The molecule has 0 aliphatic carbocycles. The monoisotopic (exact) mass is 236 g/mol. The highest BCUT2D eigenvalue weighted by Crippen LogP contribution is 2.12. The molecule has 0 radical (unpaired) electrons. The maximum Gasteiger partial charge on any atom is 0.243 e. The molecule has 0 spiro atoms. The Labute approximate surface area is 103 Å². The number of nitrogens with one attached hydrogen (secondary N) is 2. The summed E-state index contributed by atoms with van der Waals surface area (Å²) in [6.45, 7) is 3.73. The minimum Gasteiger partial charge on any atom is -0.344 e. The Kier molecular flexibility index (Phi) is 4.56. The van der Waals surface area contributed by atoms with E-state index in [2.05, 4.69) is 16.6 Å². The molecule has 2 amide bonds. The molecular weight excluding hydrogens is 216 g/mol. The van der Waals surface area contributed by atoms with Crippen LogP contribution in [0.4, 0.5) is 0 Å². The van der Waals surface area contributed by atoms with Gasteiger partial charge in [0.05, 0.1) is 5.54 Å². The van der Waals surface area contributed by atoms with Crippen LogP contribution in [0.1, 0.15) is 46.0 Å². The van der Waals surface area contributed by atoms with Gasteiger partial charge >= 0.3 is 0 Å². The van der Waals surface area contributed by atoms with Crippen LogP contribution in [0.3, 0.4) is 0 Å². The highest BCUT2D eigenvalue weighted by molar-refractivity contribution is 5.88. The van der Waals surface area contributed by atoms with E-state index in [4.69, 9.17) is 6.42 Å². The van der Waals surface area contributed by atoms with Crippen molar-refractivity contribution in [2.24, 2.45) is 0 Å². The van der Waals surface area contributed by atoms with Gasteiger partial charge in [0, 0.05) is 6.42 Å². The summed E-state index contributed by atoms with van der Waals surface area (Å²) in [5, 5.41) is 5.55. The highest BCUT2D eigenvalue weighted by Gasteiger charge is 2.28. The van der Waals surface area contributed by atoms with E-state index >= 15 is 0 Å². The molecule has 0 aromatic heterocycles. The molecule has 1 heterocycles. The maximum atomic E-state index is 12.0. The van der Waals surface area contributed by atoms with Crippen molar-refractivity contribution in [2.45, 2.75) is 57.5 Å². The fourth-order valence-electron chi connectivity index (χ4n) is 1.75. The van der Waals surface area contributed by atoms with Crippen LogP contribution < -0.4 is 10.6 Å². The van der Waals surface area contributed by atoms with Crippen LogP contribution in [0.15, 0.2) is 0 Å². The van der Waals surface area contributed by atoms with Crippen molar-refractivity contribution >= 4 is 11.8 Å². The molecule has 1 aliphatic rings. The number of hydrogen-bond acceptors (Lipinski definition) is 2. The summed E-state index contributed by atoms with van der Waals surface area (Å²) in [7, 11) is 0. The zero-order valence-corrected chi connectivity index (χ0v) is 10.5. The smallest absolute Gasteiger partial charge is 0.243 e. The van der Waals surface area contributed by atoms with E-state index in [-0.39, 0.29) is 11.8 Å². The van der Waals surface area contributed by atoms with E-state index < -0.39 is 11.6 Å². The average Bonchev–Trinajstić information content (AvgIpc) is 2.53. The predicted octanol–water partition coefficient (Wildman–Crippen LogP) is 0.963. The largest absolute Gasteiger partial charge is 0.344 e. The molecule has 0 saturated carbocycles. The van der Waals surface area contributed by atoms with E-state index in [0.717, 1.165) is 12.8 Å². The van der Waals surface area contributed by atoms with Crippen LogP contribution in [0.2, 0.25) is 0 Å². The summed E-state index contributed by atoms with van der Waals surface area (Å²) < 4.78 is 0. The first-order chi connectivity index (χ1) is 8.00. The van der Waals surface area contributed by atoms with Gasteiger partial charge in [-0.15, -0.1) is 6.42 Å². The van der Waals surface area contributed by atoms with Gasteiger partial charge in [-0.05, 0) is 26.2 Å². The molecule has 94 valence electrons. The van der Waals surface area contributed by atoms with Crippen molar-refractivity contribution in [3.8, 4) is 12.3 Å². The van der Waals surface area contributed by atoms with Gasteiger partial charge in [-0.25, -0.2) is 0 Å². The van der Waals surface area contributed by atoms with Crippen LogP contribution >= 0.6 is 0 Å². The van der Waals surface area contributed by atoms with Crippen LogP contribution in [0, 0.1) is 12.3 Å². The average molecular weight is 236 g/mol. The van der Waals surface area contributed by atoms with Gasteiger partial charge in [-0.1, -0.05) is 19.3 Å². The Bertz CT molecular complexity index is 346. The molecule has 1 rings (SSSR count). The lowest BCUT2D eigenvalue weighted by Gasteiger charge is -2.26. The molecule has 0 aromatic rings. The molecule has 1 saturated heterocycles. The summed E-state index contributed by atoms with van der Waals surface area (Å²) in [6, 6.07) is -0.441. The first-order valence-corrected chi connectivity index (χ1v) is 6.10. The second kappa shape index (κ2) is 5.72. The Balaban J connectivity index is 2.63. The Morgan fingerprint density at radius 2 is 2.35 bits per heavy atom. The van der Waals surface area contributed by atoms with Gasteiger partial charge < -0.3 is 10.6 Å². The predicted molar refractivity (Wildman–Crippen MR) is 66.1 cm³/mol. The zero-order chi connectivity index (χ0) is 12.9. The molecule has 2 N–H and O–H groups in total. The number of hydrogen-bond donors (Lipinski definition) is 2. The quantitative estimate of drug-likeness (QED) is 0.717. The summed E-state index contributed by atoms with van der Waals surface area (Å²) in [4.78, 5) is 23.4. The Morgan fingerprint density at radius 3 is 2.94 bits per heavy atom. The minimum absolute atomic E-state index is 0.0541. The van der Waals surface area contributed by atoms with Gasteiger partial charge in [0.2, 0.25) is 11.8 Å². The van der Waals surface area contributed by atoms with Crippen LogP contribution in [-0.2, 0) is 9.59 Å². The molecule has 0 bridgehead atoms. The number of amides is 2. The maximum absolute atomic E-state index is 12.0. The lowest BCUT2D eigenvalue weighted by atomic mass is 9.99. The fourth-order valence-corrected chi connectivity index (χ4v) is 1.75. The normalized spacial score (nSPS) is 23.8. The van der Waals surface area contributed by atoms with E-state index in [1.165, 1.54) is 0 Å². The number of terminal acetylenes is 1. The molecule has 1 fully saturated rings. The SMILES string of the molecule is C#C[C@@](C)(CC)NC(=O)[C@@H]1CCCCC(=O)N1. The molecular formula is C13H20N2O2. The van der Waals surface area contributed by atoms with Gasteiger partial charge in [0.25, 0.3) is 0 Å². The van der Waals surface area contributed by atoms with Crippen molar-refractivity contribution in [3.05, 3.63) is 0 Å². The van der Waals surface area contributed by atoms with Crippen molar-refractivity contribution in [1.29, 1.82) is 0 Å². The van der Waals surface area contributed by atoms with E-state index in [1.54, 1.807) is 0 Å². The van der Waals surface area contributed by atoms with Gasteiger partial charge in [-0.2, -0.15) is 0 Å². The molecule has 2 atom stereocenters. The number of rotatable bonds is 3. The molecule has 1 aliphatic heterocycles. The van der Waals surface area contributed by atoms with Crippen LogP contribution in [0.5, 0.6) is 0 Å². The fraction of sp³-hybridized carbons (Fsp3) is 0.692. The zero-order valence-electron chi connectivity index (χ0n) is 10.5. The minimum atomic E-state index is -0.631. The van der Waals surface area contributed by atoms with Crippen molar-refractivity contribution in [1.82, 2.24) is 10.6 Å². The third-order valence-electron chi connectivity index (χ3n) is 3.22. The Hall–Kier alpha value is -1.50. The summed E-state index contributed by atoms with van der Waals surface area (Å²) >= 11 is 0. The summed E-state index contributed by atoms with van der Waals surface area (Å²) in [5.74, 6) is 2.35. The second-order valence-electron chi connectivity index (χ2n) is 4.69. The first-order valence-electron chi connectivity index (χ1n) is 6.10. The Morgan fingerprint density at radius 1 is 1.65 bits per heavy atom. The standard InChI is InChI=1S/C13H20N2O2/c1-4-13(3,5-2)15-12(17)10-8-6-7-9-11(16)14-10/h1,10H,5-9H2,2-3H3,(H,14,16)(H,15,17)/t10-,13-/m0/s1. The van der Waals surface area contributed by atoms with Crippen molar-refractivity contribution < 1.29 is 9.59 Å². The lowest BCUT2D eigenvalue weighted by molar-refractivity contribution is -0.129. The first kappa shape index (κ1) is 13.6. The topological polar surface area (TPSA) is 58.2 Å². The third kappa shape index (κ3) is 3.77. The van der Waals surface area contributed by atoms with Gasteiger partial charge in [0.1, 0.15) is 6.04 Å². The highest BCUT2D eigenvalue weighted by atomic mass is 16.2. The van der Waals surface area contributed by atoms with Gasteiger partial charge in [-0.3, -0.25) is 9.59 Å². The molecule has 17 heavy (non-hydrogen) atoms. The molecule has 4 nitrogen and oxygen atoms in total. The van der Waals surface area contributed by atoms with Crippen molar-refractivity contribution in [2.75, 3.05) is 0 Å². The van der Waals surface area contributed by atoms with Crippen molar-refractivity contribution in [3.63, 3.8) is 0 Å². The third-order valence-corrected chi connectivity index (χ3v) is 3.22. The van der Waals surface area contributed by atoms with E-state index in [1.807, 2.05) is 13.8 Å². The van der Waals surface area contributed by atoms with Crippen LogP contribution in [-0.4, -0.2) is 23.4 Å². The van der Waals surface area contributed by atoms with Gasteiger partial charge in [0.15, 0.2) is 0 Å². The molecule has 0 aromatic carbocycles. The lowest BCUT2D eigenvalue weighted by Crippen LogP contribution is -2.53. The molecule has 4 heteroatoms. The number of carbonyl (C=O) groups excluding carboxylic acids is 2. The van der Waals surface area contributed by atoms with Crippen LogP contribution in [0.25, 0.3) is 0 Å². The van der Waals surface area contributed by atoms with E-state index in [0.29, 0.717) is 19.3 Å². The molecule has 0 unspecified atom stereocenters. The summed E-state index contributed by atoms with van der Waals surface area (Å²) in [6.07, 6.45) is 8.98.